The highest BCUT2D eigenvalue weighted by Crippen LogP contribution is 2.32. The number of hydrogen-bond donors (Lipinski definition) is 1. The number of aromatic nitrogens is 1. The number of halogens is 1. The summed E-state index contributed by atoms with van der Waals surface area (Å²) in [6.45, 7) is 1.84. The van der Waals surface area contributed by atoms with Crippen molar-refractivity contribution in [2.45, 2.75) is 6.92 Å². The largest absolute Gasteiger partial charge is 0.360 e. The minimum absolute atomic E-state index is 0.0200. The summed E-state index contributed by atoms with van der Waals surface area (Å²) >= 11 is 7.42. The lowest BCUT2D eigenvalue weighted by molar-refractivity contribution is -0.384. The van der Waals surface area contributed by atoms with Gasteiger partial charge in [-0.2, -0.15) is 0 Å². The van der Waals surface area contributed by atoms with Gasteiger partial charge in [-0.1, -0.05) is 11.6 Å². The van der Waals surface area contributed by atoms with Crippen LogP contribution in [0.15, 0.2) is 29.8 Å². The predicted molar refractivity (Wildman–Crippen MR) is 82.5 cm³/mol. The molecular weight excluding hydrogens is 312 g/mol. The van der Waals surface area contributed by atoms with E-state index in [2.05, 4.69) is 4.98 Å². The Morgan fingerprint density at radius 1 is 1.43 bits per heavy atom. The lowest BCUT2D eigenvalue weighted by atomic mass is 10.1. The number of benzene rings is 1. The molecule has 1 N–H and O–H groups in total. The minimum Gasteiger partial charge on any atom is -0.360 e. The molecule has 0 radical (unpaired) electrons. The van der Waals surface area contributed by atoms with Crippen LogP contribution in [0.4, 0.5) is 5.69 Å². The lowest BCUT2D eigenvalue weighted by Gasteiger charge is -1.98. The Balaban J connectivity index is 2.11. The Hall–Kier alpha value is -2.18. The van der Waals surface area contributed by atoms with Crippen molar-refractivity contribution in [3.63, 3.8) is 0 Å². The monoisotopic (exact) mass is 320 g/mol. The van der Waals surface area contributed by atoms with E-state index in [1.54, 1.807) is 12.3 Å². The molecule has 0 aliphatic heterocycles. The molecule has 0 saturated heterocycles. The van der Waals surface area contributed by atoms with Crippen molar-refractivity contribution in [3.05, 3.63) is 60.9 Å². The molecule has 0 bridgehead atoms. The molecule has 0 saturated carbocycles. The van der Waals surface area contributed by atoms with E-state index in [1.807, 2.05) is 12.3 Å². The molecule has 21 heavy (non-hydrogen) atoms. The van der Waals surface area contributed by atoms with Crippen molar-refractivity contribution in [1.29, 1.82) is 0 Å². The van der Waals surface area contributed by atoms with Crippen molar-refractivity contribution >= 4 is 45.3 Å². The van der Waals surface area contributed by atoms with Gasteiger partial charge >= 0.3 is 0 Å². The molecule has 106 valence electrons. The molecule has 2 aromatic heterocycles. The summed E-state index contributed by atoms with van der Waals surface area (Å²) in [5.41, 5.74) is 1.86. The minimum atomic E-state index is -0.471. The lowest BCUT2D eigenvalue weighted by Crippen LogP contribution is -1.98. The molecule has 3 rings (SSSR count). The van der Waals surface area contributed by atoms with E-state index in [1.165, 1.54) is 23.5 Å². The second kappa shape index (κ2) is 4.98. The van der Waals surface area contributed by atoms with E-state index in [0.717, 1.165) is 5.56 Å². The van der Waals surface area contributed by atoms with Crippen molar-refractivity contribution in [1.82, 2.24) is 4.98 Å². The zero-order chi connectivity index (χ0) is 15.1. The van der Waals surface area contributed by atoms with Crippen LogP contribution in [0.2, 0.25) is 5.02 Å². The van der Waals surface area contributed by atoms with Crippen molar-refractivity contribution in [2.24, 2.45) is 0 Å². The Kier molecular flexibility index (Phi) is 3.27. The normalized spacial score (nSPS) is 11.0. The average Bonchev–Trinajstić information content (AvgIpc) is 3.02. The van der Waals surface area contributed by atoms with Gasteiger partial charge in [0, 0.05) is 29.3 Å². The molecular formula is C14H9ClN2O3S. The molecule has 1 aromatic carbocycles. The number of thiophene rings is 1. The summed E-state index contributed by atoms with van der Waals surface area (Å²) in [6.07, 6.45) is 1.56. The molecule has 0 aliphatic carbocycles. The number of fused-ring (bicyclic) bond motifs is 1. The second-order valence-corrected chi connectivity index (χ2v) is 5.84. The van der Waals surface area contributed by atoms with Gasteiger partial charge in [0.15, 0.2) is 0 Å². The van der Waals surface area contributed by atoms with Crippen molar-refractivity contribution in [3.8, 4) is 0 Å². The van der Waals surface area contributed by atoms with Gasteiger partial charge in [0.05, 0.1) is 20.3 Å². The molecule has 0 fully saturated rings. The quantitative estimate of drug-likeness (QED) is 0.443. The maximum Gasteiger partial charge on any atom is 0.271 e. The number of rotatable bonds is 3. The SMILES string of the molecule is Cc1csc(C(=O)c2c[nH]c3cc([N+](=O)[O-])ccc23)c1Cl. The van der Waals surface area contributed by atoms with Crippen LogP contribution in [0.1, 0.15) is 20.8 Å². The van der Waals surface area contributed by atoms with Crippen LogP contribution in [0, 0.1) is 17.0 Å². The fourth-order valence-electron chi connectivity index (χ4n) is 2.12. The summed E-state index contributed by atoms with van der Waals surface area (Å²) in [5, 5.41) is 13.7. The number of aromatic amines is 1. The average molecular weight is 321 g/mol. The molecule has 0 amide bonds. The number of carbonyl (C=O) groups is 1. The first kappa shape index (κ1) is 13.8. The van der Waals surface area contributed by atoms with Crippen LogP contribution in [-0.4, -0.2) is 15.7 Å². The Bertz CT molecular complexity index is 882. The highest BCUT2D eigenvalue weighted by atomic mass is 35.5. The van der Waals surface area contributed by atoms with E-state index >= 15 is 0 Å². The topological polar surface area (TPSA) is 76.0 Å². The van der Waals surface area contributed by atoms with E-state index in [4.69, 9.17) is 11.6 Å². The summed E-state index contributed by atoms with van der Waals surface area (Å²) in [5.74, 6) is -0.182. The van der Waals surface area contributed by atoms with E-state index in [9.17, 15) is 14.9 Å². The third-order valence-corrected chi connectivity index (χ3v) is 4.92. The molecule has 5 nitrogen and oxygen atoms in total. The number of hydrogen-bond acceptors (Lipinski definition) is 4. The van der Waals surface area contributed by atoms with Crippen LogP contribution < -0.4 is 0 Å². The number of carbonyl (C=O) groups excluding carboxylic acids is 1. The van der Waals surface area contributed by atoms with Gasteiger partial charge in [-0.15, -0.1) is 11.3 Å². The molecule has 0 atom stereocenters. The maximum atomic E-state index is 12.5. The van der Waals surface area contributed by atoms with Crippen LogP contribution in [0.5, 0.6) is 0 Å². The fraction of sp³-hybridized carbons (Fsp3) is 0.0714. The highest BCUT2D eigenvalue weighted by Gasteiger charge is 2.20. The van der Waals surface area contributed by atoms with Crippen LogP contribution in [0.25, 0.3) is 10.9 Å². The van der Waals surface area contributed by atoms with Crippen molar-refractivity contribution < 1.29 is 9.72 Å². The van der Waals surface area contributed by atoms with Gasteiger partial charge in [-0.05, 0) is 23.9 Å². The zero-order valence-corrected chi connectivity index (χ0v) is 12.4. The van der Waals surface area contributed by atoms with Gasteiger partial charge in [0.1, 0.15) is 0 Å². The molecule has 0 unspecified atom stereocenters. The predicted octanol–water partition coefficient (Wildman–Crippen LogP) is 4.33. The number of nitrogens with one attached hydrogen (secondary N) is 1. The van der Waals surface area contributed by atoms with Gasteiger partial charge in [0.25, 0.3) is 5.69 Å². The van der Waals surface area contributed by atoms with E-state index < -0.39 is 4.92 Å². The number of ketones is 1. The van der Waals surface area contributed by atoms with Crippen LogP contribution in [-0.2, 0) is 0 Å². The molecule has 0 spiro atoms. The summed E-state index contributed by atoms with van der Waals surface area (Å²) in [7, 11) is 0. The molecule has 3 aromatic rings. The number of aryl methyl sites for hydroxylation is 1. The first-order valence-corrected chi connectivity index (χ1v) is 7.28. The van der Waals surface area contributed by atoms with Gasteiger partial charge in [0.2, 0.25) is 5.78 Å². The fourth-order valence-corrected chi connectivity index (χ4v) is 3.35. The van der Waals surface area contributed by atoms with Crippen LogP contribution in [0.3, 0.4) is 0 Å². The molecule has 2 heterocycles. The zero-order valence-electron chi connectivity index (χ0n) is 10.8. The Morgan fingerprint density at radius 2 is 2.19 bits per heavy atom. The van der Waals surface area contributed by atoms with E-state index in [-0.39, 0.29) is 11.5 Å². The molecule has 0 aliphatic rings. The summed E-state index contributed by atoms with van der Waals surface area (Å²) < 4.78 is 0. The summed E-state index contributed by atoms with van der Waals surface area (Å²) in [6, 6.07) is 4.37. The Morgan fingerprint density at radius 3 is 2.81 bits per heavy atom. The standard InChI is InChI=1S/C14H9ClN2O3S/c1-7-6-21-14(12(7)15)13(18)10-5-16-11-4-8(17(19)20)2-3-9(10)11/h2-6,16H,1H3. The number of nitro benzene ring substituents is 1. The first-order chi connectivity index (χ1) is 9.99. The summed E-state index contributed by atoms with van der Waals surface area (Å²) in [4.78, 5) is 26.2. The number of H-pyrrole nitrogens is 1. The third kappa shape index (κ3) is 2.22. The van der Waals surface area contributed by atoms with Gasteiger partial charge in [-0.3, -0.25) is 14.9 Å². The van der Waals surface area contributed by atoms with E-state index in [0.29, 0.717) is 26.4 Å². The van der Waals surface area contributed by atoms with Crippen molar-refractivity contribution in [2.75, 3.05) is 0 Å². The maximum absolute atomic E-state index is 12.5. The Labute approximate surface area is 128 Å². The number of nitrogens with zero attached hydrogens (tertiary/aromatic N) is 1. The van der Waals surface area contributed by atoms with Gasteiger partial charge in [-0.25, -0.2) is 0 Å². The molecule has 7 heteroatoms. The number of nitro groups is 1. The first-order valence-electron chi connectivity index (χ1n) is 6.03. The third-order valence-electron chi connectivity index (χ3n) is 3.23. The second-order valence-electron chi connectivity index (χ2n) is 4.58. The van der Waals surface area contributed by atoms with Gasteiger partial charge < -0.3 is 4.98 Å². The number of non-ortho nitro benzene ring substituents is 1. The highest BCUT2D eigenvalue weighted by molar-refractivity contribution is 7.13. The smallest absolute Gasteiger partial charge is 0.271 e. The van der Waals surface area contributed by atoms with Crippen LogP contribution >= 0.6 is 22.9 Å².